The molecule has 17 heavy (non-hydrogen) atoms. The maximum absolute atomic E-state index is 9.34. The fourth-order valence-corrected chi connectivity index (χ4v) is 2.51. The Bertz CT molecular complexity index is 533. The minimum atomic E-state index is -0.773. The van der Waals surface area contributed by atoms with E-state index in [9.17, 15) is 5.11 Å². The third-order valence-electron chi connectivity index (χ3n) is 2.17. The number of nitrogens with zero attached hydrogens (tertiary/aromatic N) is 4. The first kappa shape index (κ1) is 12.6. The molecule has 2 N–H and O–H groups in total. The minimum absolute atomic E-state index is 0.272. The lowest BCUT2D eigenvalue weighted by atomic mass is 10.4. The normalized spacial score (nSPS) is 13.2. The van der Waals surface area contributed by atoms with Crippen LogP contribution in [0.1, 0.15) is 5.56 Å². The highest BCUT2D eigenvalue weighted by atomic mass is 35.5. The van der Waals surface area contributed by atoms with Crippen LogP contribution in [0.3, 0.4) is 0 Å². The van der Waals surface area contributed by atoms with Crippen LogP contribution in [-0.4, -0.2) is 48.3 Å². The molecule has 2 aromatic heterocycles. The van der Waals surface area contributed by atoms with Crippen molar-refractivity contribution in [1.29, 1.82) is 0 Å². The SMILES string of the molecule is Cc1c(Cl)nc2ncnn2c1SCC(O)CO. The quantitative estimate of drug-likeness (QED) is 0.625. The van der Waals surface area contributed by atoms with Crippen molar-refractivity contribution >= 4 is 29.1 Å². The van der Waals surface area contributed by atoms with Gasteiger partial charge in [-0.05, 0) is 6.92 Å². The molecule has 1 unspecified atom stereocenters. The van der Waals surface area contributed by atoms with E-state index in [4.69, 9.17) is 16.7 Å². The Morgan fingerprint density at radius 1 is 1.59 bits per heavy atom. The lowest BCUT2D eigenvalue weighted by molar-refractivity contribution is 0.113. The second kappa shape index (κ2) is 5.18. The van der Waals surface area contributed by atoms with E-state index < -0.39 is 6.10 Å². The van der Waals surface area contributed by atoms with Gasteiger partial charge in [0.25, 0.3) is 5.78 Å². The van der Waals surface area contributed by atoms with Crippen molar-refractivity contribution in [1.82, 2.24) is 19.6 Å². The van der Waals surface area contributed by atoms with E-state index in [2.05, 4.69) is 15.1 Å². The average molecular weight is 275 g/mol. The number of aliphatic hydroxyl groups is 2. The molecule has 0 amide bonds. The van der Waals surface area contributed by atoms with E-state index in [1.165, 1.54) is 18.1 Å². The fraction of sp³-hybridized carbons (Fsp3) is 0.444. The molecule has 0 aromatic carbocycles. The van der Waals surface area contributed by atoms with E-state index in [1.807, 2.05) is 6.92 Å². The largest absolute Gasteiger partial charge is 0.394 e. The highest BCUT2D eigenvalue weighted by Crippen LogP contribution is 2.27. The first-order chi connectivity index (χ1) is 8.13. The summed E-state index contributed by atoms with van der Waals surface area (Å²) in [5.74, 6) is 0.772. The summed E-state index contributed by atoms with van der Waals surface area (Å²) in [4.78, 5) is 8.03. The Balaban J connectivity index is 2.36. The zero-order valence-corrected chi connectivity index (χ0v) is 10.6. The van der Waals surface area contributed by atoms with Crippen LogP contribution in [-0.2, 0) is 0 Å². The highest BCUT2D eigenvalue weighted by Gasteiger charge is 2.14. The number of thioether (sulfide) groups is 1. The van der Waals surface area contributed by atoms with Gasteiger partial charge >= 0.3 is 0 Å². The molecule has 2 aromatic rings. The standard InChI is InChI=1S/C9H11ClN4O2S/c1-5-7(10)13-9-11-4-12-14(9)8(5)17-3-6(16)2-15/h4,6,15-16H,2-3H2,1H3. The Morgan fingerprint density at radius 2 is 2.35 bits per heavy atom. The minimum Gasteiger partial charge on any atom is -0.394 e. The van der Waals surface area contributed by atoms with Gasteiger partial charge in [0, 0.05) is 11.3 Å². The van der Waals surface area contributed by atoms with Crippen molar-refractivity contribution in [2.24, 2.45) is 0 Å². The topological polar surface area (TPSA) is 83.5 Å². The number of rotatable bonds is 4. The van der Waals surface area contributed by atoms with Crippen molar-refractivity contribution in [2.45, 2.75) is 18.1 Å². The van der Waals surface area contributed by atoms with Gasteiger partial charge in [0.1, 0.15) is 16.5 Å². The summed E-state index contributed by atoms with van der Waals surface area (Å²) in [6.45, 7) is 1.55. The van der Waals surface area contributed by atoms with Gasteiger partial charge in [0.15, 0.2) is 0 Å². The third-order valence-corrected chi connectivity index (χ3v) is 3.85. The third kappa shape index (κ3) is 2.52. The number of hydrogen-bond donors (Lipinski definition) is 2. The first-order valence-corrected chi connectivity index (χ1v) is 6.27. The Morgan fingerprint density at radius 3 is 3.06 bits per heavy atom. The van der Waals surface area contributed by atoms with Gasteiger partial charge in [0.2, 0.25) is 0 Å². The van der Waals surface area contributed by atoms with Crippen LogP contribution >= 0.6 is 23.4 Å². The van der Waals surface area contributed by atoms with Crippen molar-refractivity contribution in [3.63, 3.8) is 0 Å². The van der Waals surface area contributed by atoms with Crippen molar-refractivity contribution in [2.75, 3.05) is 12.4 Å². The first-order valence-electron chi connectivity index (χ1n) is 4.91. The van der Waals surface area contributed by atoms with Gasteiger partial charge in [-0.15, -0.1) is 11.8 Å². The van der Waals surface area contributed by atoms with E-state index in [0.717, 1.165) is 10.6 Å². The zero-order valence-electron chi connectivity index (χ0n) is 9.04. The second-order valence-corrected chi connectivity index (χ2v) is 4.82. The van der Waals surface area contributed by atoms with Crippen LogP contribution < -0.4 is 0 Å². The fourth-order valence-electron chi connectivity index (χ4n) is 1.27. The van der Waals surface area contributed by atoms with Gasteiger partial charge in [-0.2, -0.15) is 19.6 Å². The van der Waals surface area contributed by atoms with Crippen LogP contribution in [0.15, 0.2) is 11.4 Å². The molecular weight excluding hydrogens is 264 g/mol. The van der Waals surface area contributed by atoms with Gasteiger partial charge in [-0.3, -0.25) is 0 Å². The van der Waals surface area contributed by atoms with Gasteiger partial charge in [0.05, 0.1) is 12.7 Å². The maximum atomic E-state index is 9.34. The predicted octanol–water partition coefficient (Wildman–Crippen LogP) is 0.531. The Hall–Kier alpha value is -0.890. The van der Waals surface area contributed by atoms with Crippen LogP contribution in [0.25, 0.3) is 5.78 Å². The molecule has 0 spiro atoms. The molecule has 0 radical (unpaired) electrons. The Labute approximate surface area is 107 Å². The smallest absolute Gasteiger partial charge is 0.254 e. The summed E-state index contributed by atoms with van der Waals surface area (Å²) in [5, 5.41) is 23.3. The molecule has 6 nitrogen and oxygen atoms in total. The number of aliphatic hydroxyl groups excluding tert-OH is 2. The second-order valence-electron chi connectivity index (χ2n) is 3.45. The Kier molecular flexibility index (Phi) is 3.82. The van der Waals surface area contributed by atoms with Crippen LogP contribution in [0, 0.1) is 6.92 Å². The van der Waals surface area contributed by atoms with Gasteiger partial charge in [-0.25, -0.2) is 0 Å². The maximum Gasteiger partial charge on any atom is 0.254 e. The molecule has 0 aliphatic heterocycles. The lowest BCUT2D eigenvalue weighted by Crippen LogP contribution is -2.15. The summed E-state index contributed by atoms with van der Waals surface area (Å²) in [6.07, 6.45) is 0.620. The average Bonchev–Trinajstić information content (AvgIpc) is 2.76. The van der Waals surface area contributed by atoms with Crippen molar-refractivity contribution in [3.05, 3.63) is 17.0 Å². The highest BCUT2D eigenvalue weighted by molar-refractivity contribution is 7.99. The molecule has 2 heterocycles. The molecule has 0 aliphatic carbocycles. The molecule has 0 saturated carbocycles. The van der Waals surface area contributed by atoms with E-state index in [1.54, 1.807) is 4.52 Å². The molecule has 1 atom stereocenters. The summed E-state index contributed by atoms with van der Waals surface area (Å²) in [5.41, 5.74) is 0.778. The van der Waals surface area contributed by atoms with Crippen LogP contribution in [0.4, 0.5) is 0 Å². The van der Waals surface area contributed by atoms with Crippen LogP contribution in [0.2, 0.25) is 5.15 Å². The van der Waals surface area contributed by atoms with Crippen LogP contribution in [0.5, 0.6) is 0 Å². The van der Waals surface area contributed by atoms with Gasteiger partial charge in [-0.1, -0.05) is 11.6 Å². The number of aromatic nitrogens is 4. The van der Waals surface area contributed by atoms with E-state index in [-0.39, 0.29) is 6.61 Å². The molecule has 0 bridgehead atoms. The number of halogens is 1. The molecule has 0 aliphatic rings. The number of hydrogen-bond acceptors (Lipinski definition) is 6. The molecule has 0 fully saturated rings. The molecule has 2 rings (SSSR count). The molecule has 92 valence electrons. The summed E-state index contributed by atoms with van der Waals surface area (Å²) < 4.78 is 1.57. The van der Waals surface area contributed by atoms with Crippen molar-refractivity contribution < 1.29 is 10.2 Å². The van der Waals surface area contributed by atoms with Crippen molar-refractivity contribution in [3.8, 4) is 0 Å². The molecule has 0 saturated heterocycles. The summed E-state index contributed by atoms with van der Waals surface area (Å²) in [7, 11) is 0. The van der Waals surface area contributed by atoms with E-state index in [0.29, 0.717) is 16.7 Å². The zero-order chi connectivity index (χ0) is 12.4. The molecule has 8 heteroatoms. The van der Waals surface area contributed by atoms with E-state index >= 15 is 0 Å². The summed E-state index contributed by atoms with van der Waals surface area (Å²) in [6, 6.07) is 0. The lowest BCUT2D eigenvalue weighted by Gasteiger charge is -2.10. The summed E-state index contributed by atoms with van der Waals surface area (Å²) >= 11 is 7.34. The monoisotopic (exact) mass is 274 g/mol. The molecular formula is C9H11ClN4O2S. The van der Waals surface area contributed by atoms with Gasteiger partial charge < -0.3 is 10.2 Å². The number of fused-ring (bicyclic) bond motifs is 1. The predicted molar refractivity (Wildman–Crippen MR) is 64.3 cm³/mol.